The molecule has 0 aliphatic rings. The molecule has 0 N–H and O–H groups in total. The Morgan fingerprint density at radius 1 is 0.810 bits per heavy atom. The van der Waals surface area contributed by atoms with Crippen LogP contribution in [0.2, 0.25) is 0 Å². The van der Waals surface area contributed by atoms with Gasteiger partial charge in [-0.2, -0.15) is 0 Å². The highest BCUT2D eigenvalue weighted by Crippen LogP contribution is 2.06. The van der Waals surface area contributed by atoms with Gasteiger partial charge in [-0.3, -0.25) is 14.4 Å². The van der Waals surface area contributed by atoms with Gasteiger partial charge in [0.1, 0.15) is 12.7 Å². The van der Waals surface area contributed by atoms with E-state index in [0.29, 0.717) is 25.9 Å². The Hall–Kier alpha value is -1.59. The number of esters is 3. The zero-order valence-corrected chi connectivity index (χ0v) is 13.2. The Morgan fingerprint density at radius 2 is 1.43 bits per heavy atom. The fraction of sp³-hybridized carbons (Fsp3) is 0.800. The molecular formula is C15H26O6. The van der Waals surface area contributed by atoms with Gasteiger partial charge >= 0.3 is 17.9 Å². The quantitative estimate of drug-likeness (QED) is 0.431. The monoisotopic (exact) mass is 302 g/mol. The summed E-state index contributed by atoms with van der Waals surface area (Å²) in [5.41, 5.74) is 0. The van der Waals surface area contributed by atoms with Gasteiger partial charge in [-0.05, 0) is 19.3 Å². The minimum atomic E-state index is -0.783. The smallest absolute Gasteiger partial charge is 0.309 e. The van der Waals surface area contributed by atoms with Gasteiger partial charge in [0.05, 0.1) is 13.0 Å². The first-order chi connectivity index (χ1) is 10.0. The highest BCUT2D eigenvalue weighted by atomic mass is 16.6. The van der Waals surface area contributed by atoms with E-state index < -0.39 is 18.0 Å². The van der Waals surface area contributed by atoms with Crippen molar-refractivity contribution < 1.29 is 28.6 Å². The molecule has 0 radical (unpaired) electrons. The third kappa shape index (κ3) is 10.8. The van der Waals surface area contributed by atoms with Crippen LogP contribution in [0.1, 0.15) is 59.3 Å². The summed E-state index contributed by atoms with van der Waals surface area (Å²) in [7, 11) is 0. The van der Waals surface area contributed by atoms with E-state index in [0.717, 1.165) is 6.42 Å². The van der Waals surface area contributed by atoms with Gasteiger partial charge in [-0.15, -0.1) is 0 Å². The first-order valence-electron chi connectivity index (χ1n) is 7.54. The second kappa shape index (κ2) is 12.2. The molecule has 122 valence electrons. The molecule has 0 fully saturated rings. The van der Waals surface area contributed by atoms with Crippen LogP contribution in [-0.2, 0) is 28.6 Å². The molecule has 21 heavy (non-hydrogen) atoms. The number of carbonyl (C=O) groups excluding carboxylic acids is 3. The lowest BCUT2D eigenvalue weighted by Crippen LogP contribution is -2.28. The fourth-order valence-electron chi connectivity index (χ4n) is 1.51. The molecule has 0 saturated heterocycles. The van der Waals surface area contributed by atoms with Gasteiger partial charge in [0.15, 0.2) is 0 Å². The first-order valence-corrected chi connectivity index (χ1v) is 7.54. The molecule has 0 aromatic heterocycles. The zero-order chi connectivity index (χ0) is 16.1. The Bertz CT molecular complexity index is 326. The van der Waals surface area contributed by atoms with E-state index in [9.17, 15) is 14.4 Å². The number of hydrogen-bond acceptors (Lipinski definition) is 6. The lowest BCUT2D eigenvalue weighted by molar-refractivity contribution is -0.163. The Balaban J connectivity index is 4.35. The van der Waals surface area contributed by atoms with Gasteiger partial charge in [-0.1, -0.05) is 20.8 Å². The van der Waals surface area contributed by atoms with Crippen molar-refractivity contribution in [1.29, 1.82) is 0 Å². The molecule has 0 heterocycles. The van der Waals surface area contributed by atoms with Gasteiger partial charge in [0, 0.05) is 12.8 Å². The van der Waals surface area contributed by atoms with E-state index in [4.69, 9.17) is 14.2 Å². The molecule has 1 atom stereocenters. The zero-order valence-electron chi connectivity index (χ0n) is 13.2. The summed E-state index contributed by atoms with van der Waals surface area (Å²) >= 11 is 0. The maximum absolute atomic E-state index is 11.6. The van der Waals surface area contributed by atoms with E-state index in [-0.39, 0.29) is 25.4 Å². The molecule has 0 aliphatic heterocycles. The number of ether oxygens (including phenoxy) is 3. The lowest BCUT2D eigenvalue weighted by atomic mass is 10.2. The minimum absolute atomic E-state index is 0.102. The van der Waals surface area contributed by atoms with Gasteiger partial charge < -0.3 is 14.2 Å². The molecule has 1 unspecified atom stereocenters. The average molecular weight is 302 g/mol. The molecule has 0 aliphatic carbocycles. The van der Waals surface area contributed by atoms with Crippen LogP contribution in [0.5, 0.6) is 0 Å². The Morgan fingerprint density at radius 3 is 2.00 bits per heavy atom. The van der Waals surface area contributed by atoms with E-state index in [1.165, 1.54) is 0 Å². The van der Waals surface area contributed by atoms with Gasteiger partial charge in [-0.25, -0.2) is 0 Å². The minimum Gasteiger partial charge on any atom is -0.466 e. The fourth-order valence-corrected chi connectivity index (χ4v) is 1.51. The maximum atomic E-state index is 11.6. The van der Waals surface area contributed by atoms with Crippen molar-refractivity contribution in [3.63, 3.8) is 0 Å². The van der Waals surface area contributed by atoms with E-state index in [1.54, 1.807) is 0 Å². The van der Waals surface area contributed by atoms with Crippen molar-refractivity contribution >= 4 is 17.9 Å². The molecule has 0 saturated carbocycles. The molecule has 0 bridgehead atoms. The van der Waals surface area contributed by atoms with Crippen LogP contribution >= 0.6 is 0 Å². The van der Waals surface area contributed by atoms with Crippen LogP contribution in [0.4, 0.5) is 0 Å². The number of hydrogen-bond donors (Lipinski definition) is 0. The normalized spacial score (nSPS) is 11.6. The van der Waals surface area contributed by atoms with Crippen molar-refractivity contribution in [2.24, 2.45) is 0 Å². The molecule has 6 nitrogen and oxygen atoms in total. The van der Waals surface area contributed by atoms with E-state index >= 15 is 0 Å². The molecule has 0 aromatic carbocycles. The topological polar surface area (TPSA) is 78.9 Å². The van der Waals surface area contributed by atoms with Crippen LogP contribution in [0.15, 0.2) is 0 Å². The maximum Gasteiger partial charge on any atom is 0.309 e. The summed E-state index contributed by atoms with van der Waals surface area (Å²) in [6, 6.07) is 0. The van der Waals surface area contributed by atoms with Crippen LogP contribution in [-0.4, -0.2) is 37.2 Å². The predicted octanol–water partition coefficient (Wildman–Crippen LogP) is 2.38. The second-order valence-corrected chi connectivity index (χ2v) is 4.72. The predicted molar refractivity (Wildman–Crippen MR) is 76.5 cm³/mol. The van der Waals surface area contributed by atoms with Crippen LogP contribution < -0.4 is 0 Å². The Labute approximate surface area is 126 Å². The van der Waals surface area contributed by atoms with Crippen molar-refractivity contribution in [2.45, 2.75) is 65.4 Å². The summed E-state index contributed by atoms with van der Waals surface area (Å²) in [6.07, 6.45) is 1.74. The molecule has 0 amide bonds. The van der Waals surface area contributed by atoms with Crippen LogP contribution in [0.25, 0.3) is 0 Å². The summed E-state index contributed by atoms with van der Waals surface area (Å²) in [6.45, 7) is 5.81. The largest absolute Gasteiger partial charge is 0.466 e. The van der Waals surface area contributed by atoms with Crippen LogP contribution in [0.3, 0.4) is 0 Å². The molecule has 0 aromatic rings. The highest BCUT2D eigenvalue weighted by molar-refractivity contribution is 5.73. The Kier molecular flexibility index (Phi) is 11.3. The second-order valence-electron chi connectivity index (χ2n) is 4.72. The summed E-state index contributed by atoms with van der Waals surface area (Å²) < 4.78 is 15.1. The van der Waals surface area contributed by atoms with Gasteiger partial charge in [0.25, 0.3) is 0 Å². The van der Waals surface area contributed by atoms with Crippen molar-refractivity contribution in [2.75, 3.05) is 13.2 Å². The van der Waals surface area contributed by atoms with Crippen molar-refractivity contribution in [1.82, 2.24) is 0 Å². The third-order valence-electron chi connectivity index (χ3n) is 2.50. The molecule has 0 rings (SSSR count). The highest BCUT2D eigenvalue weighted by Gasteiger charge is 2.21. The van der Waals surface area contributed by atoms with Crippen molar-refractivity contribution in [3.8, 4) is 0 Å². The molecule has 0 spiro atoms. The number of rotatable bonds is 11. The first kappa shape index (κ1) is 19.4. The summed E-state index contributed by atoms with van der Waals surface area (Å²) in [5, 5.41) is 0. The molecule has 6 heteroatoms. The van der Waals surface area contributed by atoms with E-state index in [1.807, 2.05) is 20.8 Å². The standard InChI is InChI=1S/C15H26O6/c1-4-7-13(16)20-11-12(21-14(17)8-5-2)10-15(18)19-9-6-3/h12H,4-11H2,1-3H3. The number of carbonyl (C=O) groups is 3. The summed E-state index contributed by atoms with van der Waals surface area (Å²) in [5.74, 6) is -1.23. The van der Waals surface area contributed by atoms with Crippen LogP contribution in [0, 0.1) is 0 Å². The summed E-state index contributed by atoms with van der Waals surface area (Å²) in [4.78, 5) is 34.4. The lowest BCUT2D eigenvalue weighted by Gasteiger charge is -2.17. The SMILES string of the molecule is CCCOC(=O)CC(COC(=O)CCC)OC(=O)CCC. The molecular weight excluding hydrogens is 276 g/mol. The van der Waals surface area contributed by atoms with Gasteiger partial charge in [0.2, 0.25) is 0 Å². The average Bonchev–Trinajstić information content (AvgIpc) is 2.43. The third-order valence-corrected chi connectivity index (χ3v) is 2.50. The van der Waals surface area contributed by atoms with Crippen molar-refractivity contribution in [3.05, 3.63) is 0 Å². The van der Waals surface area contributed by atoms with E-state index in [2.05, 4.69) is 0 Å².